The first kappa shape index (κ1) is 18.2. The number of carbonyl (C=O) groups excluding carboxylic acids is 2. The molecule has 1 atom stereocenters. The monoisotopic (exact) mass is 442 g/mol. The van der Waals surface area contributed by atoms with Crippen LogP contribution in [0, 0.1) is 5.92 Å². The van der Waals surface area contributed by atoms with Gasteiger partial charge in [0.25, 0.3) is 0 Å². The summed E-state index contributed by atoms with van der Waals surface area (Å²) >= 11 is 11.0. The Hall–Kier alpha value is -1.57. The fourth-order valence-corrected chi connectivity index (χ4v) is 4.34. The maximum atomic E-state index is 12.4. The van der Waals surface area contributed by atoms with E-state index in [4.69, 9.17) is 16.3 Å². The number of ether oxygens (including phenoxy) is 1. The number of benzene rings is 1. The van der Waals surface area contributed by atoms with Gasteiger partial charge in [0, 0.05) is 22.9 Å². The van der Waals surface area contributed by atoms with E-state index in [1.54, 1.807) is 34.4 Å². The van der Waals surface area contributed by atoms with E-state index in [9.17, 15) is 9.59 Å². The molecule has 1 aliphatic rings. The van der Waals surface area contributed by atoms with Crippen LogP contribution in [0.3, 0.4) is 0 Å². The van der Waals surface area contributed by atoms with Crippen LogP contribution in [0.25, 0.3) is 0 Å². The molecule has 8 heteroatoms. The average molecular weight is 444 g/mol. The highest BCUT2D eigenvalue weighted by molar-refractivity contribution is 9.11. The Morgan fingerprint density at radius 3 is 2.92 bits per heavy atom. The number of hydrogen-bond donors (Lipinski definition) is 1. The molecule has 1 aromatic carbocycles. The second-order valence-corrected chi connectivity index (χ2v) is 8.63. The van der Waals surface area contributed by atoms with E-state index in [1.807, 2.05) is 12.1 Å². The van der Waals surface area contributed by atoms with Crippen LogP contribution < -0.4 is 15.0 Å². The van der Waals surface area contributed by atoms with E-state index in [2.05, 4.69) is 21.2 Å². The summed E-state index contributed by atoms with van der Waals surface area (Å²) in [4.78, 5) is 27.4. The standard InChI is InChI=1S/C17H16BrClN2O3S/c1-24-14-4-2-11(19)7-13(14)21-9-10(6-16(21)22)17(23)20-8-12-3-5-15(18)25-12/h2-5,7,10H,6,8-9H2,1H3,(H,20,23). The number of nitrogens with one attached hydrogen (secondary N) is 1. The summed E-state index contributed by atoms with van der Waals surface area (Å²) in [5.41, 5.74) is 0.595. The number of hydrogen-bond acceptors (Lipinski definition) is 4. The summed E-state index contributed by atoms with van der Waals surface area (Å²) < 4.78 is 6.33. The lowest BCUT2D eigenvalue weighted by Gasteiger charge is -2.19. The van der Waals surface area contributed by atoms with Crippen LogP contribution in [0.1, 0.15) is 11.3 Å². The Morgan fingerprint density at radius 2 is 2.24 bits per heavy atom. The maximum Gasteiger partial charge on any atom is 0.227 e. The van der Waals surface area contributed by atoms with Crippen molar-refractivity contribution >= 4 is 56.4 Å². The molecule has 1 unspecified atom stereocenters. The first-order valence-electron chi connectivity index (χ1n) is 7.63. The zero-order valence-electron chi connectivity index (χ0n) is 13.4. The third-order valence-electron chi connectivity index (χ3n) is 3.99. The quantitative estimate of drug-likeness (QED) is 0.764. The molecule has 132 valence electrons. The van der Waals surface area contributed by atoms with Crippen molar-refractivity contribution in [3.63, 3.8) is 0 Å². The number of anilines is 1. The molecule has 5 nitrogen and oxygen atoms in total. The van der Waals surface area contributed by atoms with Gasteiger partial charge in [-0.3, -0.25) is 9.59 Å². The van der Waals surface area contributed by atoms with Crippen LogP contribution in [0.5, 0.6) is 5.75 Å². The lowest BCUT2D eigenvalue weighted by atomic mass is 10.1. The third kappa shape index (κ3) is 4.16. The van der Waals surface area contributed by atoms with Crippen molar-refractivity contribution in [1.82, 2.24) is 5.32 Å². The number of amides is 2. The highest BCUT2D eigenvalue weighted by atomic mass is 79.9. The summed E-state index contributed by atoms with van der Waals surface area (Å²) in [6, 6.07) is 9.00. The average Bonchev–Trinajstić information content (AvgIpc) is 3.18. The minimum Gasteiger partial charge on any atom is -0.495 e. The first-order valence-corrected chi connectivity index (χ1v) is 9.62. The molecule has 0 saturated carbocycles. The molecule has 2 heterocycles. The summed E-state index contributed by atoms with van der Waals surface area (Å²) in [6.07, 6.45) is 0.176. The van der Waals surface area contributed by atoms with E-state index in [1.165, 1.54) is 7.11 Å². The van der Waals surface area contributed by atoms with Crippen LogP contribution in [-0.2, 0) is 16.1 Å². The molecule has 2 aromatic rings. The number of nitrogens with zero attached hydrogens (tertiary/aromatic N) is 1. The summed E-state index contributed by atoms with van der Waals surface area (Å²) in [6.45, 7) is 0.774. The largest absolute Gasteiger partial charge is 0.495 e. The Balaban J connectivity index is 1.67. The second kappa shape index (κ2) is 7.76. The minimum atomic E-state index is -0.389. The van der Waals surface area contributed by atoms with Crippen LogP contribution in [-0.4, -0.2) is 25.5 Å². The van der Waals surface area contributed by atoms with E-state index < -0.39 is 0 Å². The topological polar surface area (TPSA) is 58.6 Å². The summed E-state index contributed by atoms with van der Waals surface area (Å²) in [7, 11) is 1.54. The van der Waals surface area contributed by atoms with Crippen LogP contribution >= 0.6 is 38.9 Å². The molecule has 1 saturated heterocycles. The van der Waals surface area contributed by atoms with Crippen molar-refractivity contribution in [2.45, 2.75) is 13.0 Å². The zero-order chi connectivity index (χ0) is 18.0. The van der Waals surface area contributed by atoms with Crippen molar-refractivity contribution in [3.05, 3.63) is 44.0 Å². The molecular weight excluding hydrogens is 428 g/mol. The Morgan fingerprint density at radius 1 is 1.44 bits per heavy atom. The highest BCUT2D eigenvalue weighted by Crippen LogP contribution is 2.35. The molecule has 0 bridgehead atoms. The smallest absolute Gasteiger partial charge is 0.227 e. The Bertz CT molecular complexity index is 811. The van der Waals surface area contributed by atoms with Gasteiger partial charge in [-0.25, -0.2) is 0 Å². The molecule has 1 fully saturated rings. The lowest BCUT2D eigenvalue weighted by Crippen LogP contribution is -2.32. The van der Waals surface area contributed by atoms with E-state index in [0.717, 1.165) is 8.66 Å². The molecule has 1 N–H and O–H groups in total. The molecule has 0 spiro atoms. The van der Waals surface area contributed by atoms with Crippen LogP contribution in [0.15, 0.2) is 34.1 Å². The Labute approximate surface area is 163 Å². The zero-order valence-corrected chi connectivity index (χ0v) is 16.6. The molecular formula is C17H16BrClN2O3S. The third-order valence-corrected chi connectivity index (χ3v) is 5.85. The summed E-state index contributed by atoms with van der Waals surface area (Å²) in [5, 5.41) is 3.41. The fraction of sp³-hybridized carbons (Fsp3) is 0.294. The maximum absolute atomic E-state index is 12.4. The molecule has 0 aliphatic carbocycles. The van der Waals surface area contributed by atoms with Gasteiger partial charge in [0.2, 0.25) is 11.8 Å². The van der Waals surface area contributed by atoms with Crippen molar-refractivity contribution in [2.75, 3.05) is 18.6 Å². The molecule has 3 rings (SSSR count). The molecule has 1 aliphatic heterocycles. The number of halogens is 2. The molecule has 2 amide bonds. The molecule has 1 aromatic heterocycles. The van der Waals surface area contributed by atoms with Gasteiger partial charge in [-0.05, 0) is 46.3 Å². The van der Waals surface area contributed by atoms with Gasteiger partial charge in [-0.2, -0.15) is 0 Å². The lowest BCUT2D eigenvalue weighted by molar-refractivity contribution is -0.126. The molecule has 25 heavy (non-hydrogen) atoms. The van der Waals surface area contributed by atoms with Gasteiger partial charge in [-0.1, -0.05) is 11.6 Å². The highest BCUT2D eigenvalue weighted by Gasteiger charge is 2.36. The van der Waals surface area contributed by atoms with Gasteiger partial charge in [0.05, 0.1) is 29.0 Å². The van der Waals surface area contributed by atoms with Crippen molar-refractivity contribution in [2.24, 2.45) is 5.92 Å². The summed E-state index contributed by atoms with van der Waals surface area (Å²) in [5.74, 6) is -0.0669. The van der Waals surface area contributed by atoms with Crippen LogP contribution in [0.4, 0.5) is 5.69 Å². The van der Waals surface area contributed by atoms with Gasteiger partial charge >= 0.3 is 0 Å². The van der Waals surface area contributed by atoms with Crippen molar-refractivity contribution in [1.29, 1.82) is 0 Å². The van der Waals surface area contributed by atoms with Gasteiger partial charge in [-0.15, -0.1) is 11.3 Å². The van der Waals surface area contributed by atoms with E-state index >= 15 is 0 Å². The van der Waals surface area contributed by atoms with E-state index in [0.29, 0.717) is 29.5 Å². The first-order chi connectivity index (χ1) is 12.0. The predicted octanol–water partition coefficient (Wildman–Crippen LogP) is 3.84. The van der Waals surface area contributed by atoms with Crippen LogP contribution in [0.2, 0.25) is 5.02 Å². The predicted molar refractivity (Wildman–Crippen MR) is 102 cm³/mol. The number of methoxy groups -OCH3 is 1. The fourth-order valence-electron chi connectivity index (χ4n) is 2.76. The Kier molecular flexibility index (Phi) is 5.66. The van der Waals surface area contributed by atoms with Gasteiger partial charge in [0.1, 0.15) is 5.75 Å². The molecule has 0 radical (unpaired) electrons. The van der Waals surface area contributed by atoms with Crippen molar-refractivity contribution in [3.8, 4) is 5.75 Å². The normalized spacial score (nSPS) is 17.0. The SMILES string of the molecule is COc1ccc(Cl)cc1N1CC(C(=O)NCc2ccc(Br)s2)CC1=O. The minimum absolute atomic E-state index is 0.111. The second-order valence-electron chi connectivity index (χ2n) is 5.65. The number of rotatable bonds is 5. The number of thiophene rings is 1. The van der Waals surface area contributed by atoms with Crippen molar-refractivity contribution < 1.29 is 14.3 Å². The van der Waals surface area contributed by atoms with E-state index in [-0.39, 0.29) is 24.2 Å². The number of carbonyl (C=O) groups is 2. The van der Waals surface area contributed by atoms with Gasteiger partial charge < -0.3 is 15.0 Å². The van der Waals surface area contributed by atoms with Gasteiger partial charge in [0.15, 0.2) is 0 Å².